The van der Waals surface area contributed by atoms with Gasteiger partial charge in [-0.2, -0.15) is 0 Å². The molecule has 1 unspecified atom stereocenters. The van der Waals surface area contributed by atoms with Crippen molar-refractivity contribution < 1.29 is 9.47 Å². The number of fused-ring (bicyclic) bond motifs is 2. The molecule has 0 spiro atoms. The third-order valence-electron chi connectivity index (χ3n) is 3.79. The van der Waals surface area contributed by atoms with Crippen LogP contribution in [0.1, 0.15) is 24.9 Å². The van der Waals surface area contributed by atoms with E-state index in [2.05, 4.69) is 29.8 Å². The van der Waals surface area contributed by atoms with E-state index in [1.165, 1.54) is 9.77 Å². The molecule has 0 saturated heterocycles. The van der Waals surface area contributed by atoms with Gasteiger partial charge in [-0.1, -0.05) is 6.92 Å². The minimum absolute atomic E-state index is 0.380. The molecule has 3 nitrogen and oxygen atoms in total. The van der Waals surface area contributed by atoms with E-state index in [-0.39, 0.29) is 0 Å². The second-order valence-electron chi connectivity index (χ2n) is 5.38. The highest BCUT2D eigenvalue weighted by Gasteiger charge is 2.26. The summed E-state index contributed by atoms with van der Waals surface area (Å²) in [7, 11) is 0. The molecule has 5 heteroatoms. The average Bonchev–Trinajstić information content (AvgIpc) is 2.95. The Morgan fingerprint density at radius 3 is 2.90 bits per heavy atom. The number of ether oxygens (including phenoxy) is 2. The van der Waals surface area contributed by atoms with Crippen molar-refractivity contribution >= 4 is 28.8 Å². The van der Waals surface area contributed by atoms with Gasteiger partial charge >= 0.3 is 0 Å². The summed E-state index contributed by atoms with van der Waals surface area (Å²) < 4.78 is 12.7. The second kappa shape index (κ2) is 5.46. The Morgan fingerprint density at radius 1 is 1.14 bits per heavy atom. The molecule has 0 bridgehead atoms. The van der Waals surface area contributed by atoms with Crippen LogP contribution in [0.15, 0.2) is 33.9 Å². The molecule has 1 N–H and O–H groups in total. The molecular formula is C16H17NO2S2. The van der Waals surface area contributed by atoms with Crippen LogP contribution < -0.4 is 14.8 Å². The summed E-state index contributed by atoms with van der Waals surface area (Å²) in [4.78, 5) is 0. The van der Waals surface area contributed by atoms with E-state index in [4.69, 9.17) is 9.47 Å². The molecule has 1 aromatic carbocycles. The number of hydrogen-bond acceptors (Lipinski definition) is 5. The monoisotopic (exact) mass is 319 g/mol. The van der Waals surface area contributed by atoms with Crippen molar-refractivity contribution in [3.05, 3.63) is 35.2 Å². The maximum absolute atomic E-state index is 5.66. The van der Waals surface area contributed by atoms with E-state index in [1.54, 1.807) is 0 Å². The minimum Gasteiger partial charge on any atom is -0.486 e. The number of benzene rings is 1. The molecular weight excluding hydrogens is 302 g/mol. The summed E-state index contributed by atoms with van der Waals surface area (Å²) >= 11 is 3.83. The quantitative estimate of drug-likeness (QED) is 0.879. The van der Waals surface area contributed by atoms with Gasteiger partial charge in [0.05, 0.1) is 10.3 Å². The molecule has 2 aromatic rings. The van der Waals surface area contributed by atoms with E-state index in [0.717, 1.165) is 23.6 Å². The number of hydrogen-bond donors (Lipinski definition) is 1. The standard InChI is InChI=1S/C16H17NO2S2/c1-10-8-13(12-4-7-20-16(12)21-10)17-11-2-3-14-15(9-11)19-6-5-18-14/h2-4,7,9-10,13,17H,5-6,8H2,1H3/t10-,13?/m0/s1. The Bertz CT molecular complexity index is 655. The molecule has 1 aromatic heterocycles. The van der Waals surface area contributed by atoms with Gasteiger partial charge in [-0.3, -0.25) is 0 Å². The van der Waals surface area contributed by atoms with Gasteiger partial charge in [0.1, 0.15) is 13.2 Å². The Kier molecular flexibility index (Phi) is 3.47. The Hall–Kier alpha value is -1.33. The number of nitrogens with one attached hydrogen (secondary N) is 1. The summed E-state index contributed by atoms with van der Waals surface area (Å²) in [6.07, 6.45) is 1.14. The predicted molar refractivity (Wildman–Crippen MR) is 88.1 cm³/mol. The smallest absolute Gasteiger partial charge is 0.163 e. The van der Waals surface area contributed by atoms with E-state index < -0.39 is 0 Å². The highest BCUT2D eigenvalue weighted by Crippen LogP contribution is 2.45. The van der Waals surface area contributed by atoms with E-state index in [9.17, 15) is 0 Å². The van der Waals surface area contributed by atoms with Crippen molar-refractivity contribution in [2.75, 3.05) is 18.5 Å². The van der Waals surface area contributed by atoms with Gasteiger partial charge in [-0.15, -0.1) is 23.1 Å². The van der Waals surface area contributed by atoms with Crippen LogP contribution in [0.3, 0.4) is 0 Å². The Balaban J connectivity index is 1.59. The summed E-state index contributed by atoms with van der Waals surface area (Å²) in [5, 5.41) is 6.49. The molecule has 0 aliphatic carbocycles. The minimum atomic E-state index is 0.380. The maximum Gasteiger partial charge on any atom is 0.163 e. The van der Waals surface area contributed by atoms with Crippen LogP contribution in [-0.4, -0.2) is 18.5 Å². The number of thioether (sulfide) groups is 1. The van der Waals surface area contributed by atoms with Crippen molar-refractivity contribution in [3.8, 4) is 11.5 Å². The third kappa shape index (κ3) is 2.60. The fraction of sp³-hybridized carbons (Fsp3) is 0.375. The fourth-order valence-electron chi connectivity index (χ4n) is 2.82. The summed E-state index contributed by atoms with van der Waals surface area (Å²) in [6.45, 7) is 3.56. The second-order valence-corrected chi connectivity index (χ2v) is 8.01. The van der Waals surface area contributed by atoms with Gasteiger partial charge in [0.2, 0.25) is 0 Å². The summed E-state index contributed by atoms with van der Waals surface area (Å²) in [5.41, 5.74) is 2.53. The van der Waals surface area contributed by atoms with Crippen LogP contribution >= 0.6 is 23.1 Å². The van der Waals surface area contributed by atoms with Crippen molar-refractivity contribution in [3.63, 3.8) is 0 Å². The lowest BCUT2D eigenvalue weighted by Gasteiger charge is -2.29. The van der Waals surface area contributed by atoms with Crippen LogP contribution in [0.5, 0.6) is 11.5 Å². The van der Waals surface area contributed by atoms with Crippen molar-refractivity contribution in [1.29, 1.82) is 0 Å². The number of thiophene rings is 1. The van der Waals surface area contributed by atoms with Crippen LogP contribution in [0.25, 0.3) is 0 Å². The van der Waals surface area contributed by atoms with Crippen LogP contribution in [0.4, 0.5) is 5.69 Å². The van der Waals surface area contributed by atoms with Crippen molar-refractivity contribution in [2.45, 2.75) is 28.8 Å². The third-order valence-corrected chi connectivity index (χ3v) is 6.14. The molecule has 2 atom stereocenters. The molecule has 0 fully saturated rings. The normalized spacial score (nSPS) is 23.5. The van der Waals surface area contributed by atoms with Crippen LogP contribution in [-0.2, 0) is 0 Å². The zero-order valence-electron chi connectivity index (χ0n) is 11.8. The van der Waals surface area contributed by atoms with Gasteiger partial charge in [-0.05, 0) is 35.6 Å². The van der Waals surface area contributed by atoms with E-state index in [1.807, 2.05) is 35.2 Å². The van der Waals surface area contributed by atoms with E-state index in [0.29, 0.717) is 24.5 Å². The SMILES string of the molecule is C[C@H]1CC(Nc2ccc3c(c2)OCCO3)c2ccsc2S1. The number of rotatable bonds is 2. The van der Waals surface area contributed by atoms with Crippen LogP contribution in [0, 0.1) is 0 Å². The first-order valence-corrected chi connectivity index (χ1v) is 8.96. The largest absolute Gasteiger partial charge is 0.486 e. The van der Waals surface area contributed by atoms with Gasteiger partial charge in [0.15, 0.2) is 11.5 Å². The van der Waals surface area contributed by atoms with Gasteiger partial charge in [0.25, 0.3) is 0 Å². The topological polar surface area (TPSA) is 30.5 Å². The lowest BCUT2D eigenvalue weighted by atomic mass is 10.0. The highest BCUT2D eigenvalue weighted by molar-refractivity contribution is 8.01. The van der Waals surface area contributed by atoms with Crippen LogP contribution in [0.2, 0.25) is 0 Å². The molecule has 4 rings (SSSR count). The molecule has 2 aliphatic rings. The first-order valence-electron chi connectivity index (χ1n) is 7.20. The zero-order chi connectivity index (χ0) is 14.2. The Morgan fingerprint density at radius 2 is 2.00 bits per heavy atom. The van der Waals surface area contributed by atoms with Gasteiger partial charge in [0, 0.05) is 17.0 Å². The summed E-state index contributed by atoms with van der Waals surface area (Å²) in [5.74, 6) is 1.69. The first kappa shape index (κ1) is 13.3. The molecule has 110 valence electrons. The molecule has 0 amide bonds. The number of anilines is 1. The highest BCUT2D eigenvalue weighted by atomic mass is 32.2. The molecule has 0 radical (unpaired) electrons. The lowest BCUT2D eigenvalue weighted by Crippen LogP contribution is -2.19. The maximum atomic E-state index is 5.66. The molecule has 0 saturated carbocycles. The average molecular weight is 319 g/mol. The lowest BCUT2D eigenvalue weighted by molar-refractivity contribution is 0.171. The summed E-state index contributed by atoms with van der Waals surface area (Å²) in [6, 6.07) is 8.74. The van der Waals surface area contributed by atoms with Gasteiger partial charge < -0.3 is 14.8 Å². The fourth-order valence-corrected chi connectivity index (χ4v) is 5.39. The van der Waals surface area contributed by atoms with E-state index >= 15 is 0 Å². The molecule has 21 heavy (non-hydrogen) atoms. The van der Waals surface area contributed by atoms with Gasteiger partial charge in [-0.25, -0.2) is 0 Å². The Labute approximate surface area is 132 Å². The predicted octanol–water partition coefficient (Wildman–Crippen LogP) is 4.56. The zero-order valence-corrected chi connectivity index (χ0v) is 13.4. The molecule has 3 heterocycles. The molecule has 2 aliphatic heterocycles. The first-order chi connectivity index (χ1) is 10.3. The van der Waals surface area contributed by atoms with Crippen molar-refractivity contribution in [2.24, 2.45) is 0 Å². The van der Waals surface area contributed by atoms with Crippen molar-refractivity contribution in [1.82, 2.24) is 0 Å².